The van der Waals surface area contributed by atoms with Crippen LogP contribution in [0.25, 0.3) is 0 Å². The van der Waals surface area contributed by atoms with Crippen LogP contribution < -0.4 is 0 Å². The molecule has 72 valence electrons. The highest BCUT2D eigenvalue weighted by atomic mass is 16.4. The molecule has 1 atom stereocenters. The molecule has 0 aromatic heterocycles. The van der Waals surface area contributed by atoms with Gasteiger partial charge in [-0.1, -0.05) is 0 Å². The molecule has 0 heterocycles. The Morgan fingerprint density at radius 1 is 1.15 bits per heavy atom. The lowest BCUT2D eigenvalue weighted by atomic mass is 9.51. The maximum atomic E-state index is 10.9. The summed E-state index contributed by atoms with van der Waals surface area (Å²) in [7, 11) is 0. The Morgan fingerprint density at radius 2 is 1.77 bits per heavy atom. The van der Waals surface area contributed by atoms with Crippen LogP contribution in [0.1, 0.15) is 25.7 Å². The number of aliphatic carboxylic acids is 2. The smallest absolute Gasteiger partial charge is 0.309 e. The van der Waals surface area contributed by atoms with Crippen LogP contribution in [-0.4, -0.2) is 22.2 Å². The zero-order chi connectivity index (χ0) is 9.64. The van der Waals surface area contributed by atoms with Crippen molar-refractivity contribution in [3.05, 3.63) is 0 Å². The molecule has 4 nitrogen and oxygen atoms in total. The topological polar surface area (TPSA) is 74.6 Å². The summed E-state index contributed by atoms with van der Waals surface area (Å²) in [5.41, 5.74) is -0.689. The fraction of sp³-hybridized carbons (Fsp3) is 0.778. The van der Waals surface area contributed by atoms with Gasteiger partial charge < -0.3 is 10.2 Å². The number of hydrogen-bond donors (Lipinski definition) is 2. The summed E-state index contributed by atoms with van der Waals surface area (Å²) in [6.45, 7) is 0. The molecule has 3 rings (SSSR count). The van der Waals surface area contributed by atoms with Gasteiger partial charge in [0.25, 0.3) is 0 Å². The van der Waals surface area contributed by atoms with E-state index in [0.717, 1.165) is 0 Å². The van der Waals surface area contributed by atoms with Crippen LogP contribution in [0.5, 0.6) is 0 Å². The summed E-state index contributed by atoms with van der Waals surface area (Å²) in [4.78, 5) is 21.6. The van der Waals surface area contributed by atoms with Crippen molar-refractivity contribution in [3.63, 3.8) is 0 Å². The van der Waals surface area contributed by atoms with Gasteiger partial charge in [0.2, 0.25) is 0 Å². The molecule has 0 aliphatic heterocycles. The minimum Gasteiger partial charge on any atom is -0.481 e. The first-order valence-corrected chi connectivity index (χ1v) is 4.50. The van der Waals surface area contributed by atoms with Crippen LogP contribution >= 0.6 is 0 Å². The Balaban J connectivity index is 2.12. The minimum atomic E-state index is -0.838. The third kappa shape index (κ3) is 1.12. The number of carboxylic acids is 2. The Morgan fingerprint density at radius 3 is 2.23 bits per heavy atom. The summed E-state index contributed by atoms with van der Waals surface area (Å²) in [5, 5.41) is 17.7. The van der Waals surface area contributed by atoms with Gasteiger partial charge in [-0.15, -0.1) is 0 Å². The molecule has 2 bridgehead atoms. The van der Waals surface area contributed by atoms with Gasteiger partial charge in [-0.25, -0.2) is 0 Å². The van der Waals surface area contributed by atoms with Gasteiger partial charge in [0.15, 0.2) is 0 Å². The average Bonchev–Trinajstić information content (AvgIpc) is 2.02. The largest absolute Gasteiger partial charge is 0.481 e. The van der Waals surface area contributed by atoms with Crippen LogP contribution in [0.3, 0.4) is 0 Å². The molecule has 2 N–H and O–H groups in total. The Kier molecular flexibility index (Phi) is 1.62. The zero-order valence-corrected chi connectivity index (χ0v) is 7.19. The lowest BCUT2D eigenvalue weighted by Gasteiger charge is -2.51. The second-order valence-corrected chi connectivity index (χ2v) is 4.33. The molecule has 4 heteroatoms. The summed E-state index contributed by atoms with van der Waals surface area (Å²) in [6, 6.07) is 0. The van der Waals surface area contributed by atoms with Crippen LogP contribution in [-0.2, 0) is 9.59 Å². The SMILES string of the molecule is O=C(O)C1CC2CC(C(=O)O)(C2)C1. The molecule has 3 fully saturated rings. The Labute approximate surface area is 75.6 Å². The average molecular weight is 184 g/mol. The summed E-state index contributed by atoms with van der Waals surface area (Å²) >= 11 is 0. The number of rotatable bonds is 2. The van der Waals surface area contributed by atoms with E-state index in [1.807, 2.05) is 0 Å². The maximum Gasteiger partial charge on any atom is 0.309 e. The van der Waals surface area contributed by atoms with E-state index >= 15 is 0 Å². The van der Waals surface area contributed by atoms with E-state index < -0.39 is 23.3 Å². The lowest BCUT2D eigenvalue weighted by Crippen LogP contribution is -2.51. The van der Waals surface area contributed by atoms with Gasteiger partial charge in [-0.3, -0.25) is 9.59 Å². The molecule has 0 amide bonds. The predicted octanol–water partition coefficient (Wildman–Crippen LogP) is 0.962. The van der Waals surface area contributed by atoms with E-state index in [1.54, 1.807) is 0 Å². The van der Waals surface area contributed by atoms with E-state index in [-0.39, 0.29) is 0 Å². The van der Waals surface area contributed by atoms with Gasteiger partial charge in [0.1, 0.15) is 0 Å². The third-order valence-electron chi connectivity index (χ3n) is 3.42. The number of fused-ring (bicyclic) bond motifs is 2. The number of hydrogen-bond acceptors (Lipinski definition) is 2. The van der Waals surface area contributed by atoms with Crippen molar-refractivity contribution in [3.8, 4) is 0 Å². The van der Waals surface area contributed by atoms with Crippen LogP contribution in [0.4, 0.5) is 0 Å². The third-order valence-corrected chi connectivity index (χ3v) is 3.42. The van der Waals surface area contributed by atoms with E-state index in [4.69, 9.17) is 10.2 Å². The monoisotopic (exact) mass is 184 g/mol. The van der Waals surface area contributed by atoms with Crippen LogP contribution in [0, 0.1) is 17.3 Å². The van der Waals surface area contributed by atoms with Gasteiger partial charge in [-0.2, -0.15) is 0 Å². The molecule has 3 aliphatic carbocycles. The van der Waals surface area contributed by atoms with Crippen molar-refractivity contribution in [1.29, 1.82) is 0 Å². The highest BCUT2D eigenvalue weighted by Crippen LogP contribution is 2.57. The summed E-state index contributed by atoms with van der Waals surface area (Å²) in [6.07, 6.45) is 2.37. The minimum absolute atomic E-state index is 0.328. The van der Waals surface area contributed by atoms with Crippen molar-refractivity contribution < 1.29 is 19.8 Å². The highest BCUT2D eigenvalue weighted by Gasteiger charge is 2.56. The first kappa shape index (κ1) is 8.53. The first-order chi connectivity index (χ1) is 6.03. The number of carboxylic acid groups (broad SMARTS) is 2. The molecule has 3 aliphatic rings. The van der Waals surface area contributed by atoms with E-state index in [0.29, 0.717) is 31.6 Å². The quantitative estimate of drug-likeness (QED) is 0.670. The summed E-state index contributed by atoms with van der Waals surface area (Å²) in [5.74, 6) is -1.74. The van der Waals surface area contributed by atoms with Gasteiger partial charge in [0.05, 0.1) is 11.3 Å². The first-order valence-electron chi connectivity index (χ1n) is 4.50. The molecule has 0 radical (unpaired) electrons. The Hall–Kier alpha value is -1.06. The molecule has 0 aromatic rings. The molecule has 13 heavy (non-hydrogen) atoms. The normalized spacial score (nSPS) is 42.2. The van der Waals surface area contributed by atoms with E-state index in [9.17, 15) is 9.59 Å². The number of carbonyl (C=O) groups is 2. The molecule has 3 saturated carbocycles. The van der Waals surface area contributed by atoms with Gasteiger partial charge in [-0.05, 0) is 31.6 Å². The van der Waals surface area contributed by atoms with Crippen molar-refractivity contribution in [2.45, 2.75) is 25.7 Å². The molecule has 0 aromatic carbocycles. The van der Waals surface area contributed by atoms with Gasteiger partial charge >= 0.3 is 11.9 Å². The van der Waals surface area contributed by atoms with Crippen LogP contribution in [0.15, 0.2) is 0 Å². The lowest BCUT2D eigenvalue weighted by molar-refractivity contribution is -0.171. The van der Waals surface area contributed by atoms with Crippen LogP contribution in [0.2, 0.25) is 0 Å². The van der Waals surface area contributed by atoms with Crippen molar-refractivity contribution in [2.75, 3.05) is 0 Å². The second kappa shape index (κ2) is 2.47. The van der Waals surface area contributed by atoms with Crippen molar-refractivity contribution in [1.82, 2.24) is 0 Å². The molecule has 1 unspecified atom stereocenters. The maximum absolute atomic E-state index is 10.9. The second-order valence-electron chi connectivity index (χ2n) is 4.33. The molecule has 0 spiro atoms. The molecular formula is C9H12O4. The Bertz CT molecular complexity index is 262. The standard InChI is InChI=1S/C9H12O4/c10-7(11)6-1-5-2-9(3-5,4-6)8(12)13/h5-6H,1-4H2,(H,10,11)(H,12,13). The molecule has 0 saturated heterocycles. The molecular weight excluding hydrogens is 172 g/mol. The van der Waals surface area contributed by atoms with Crippen molar-refractivity contribution >= 4 is 11.9 Å². The van der Waals surface area contributed by atoms with Crippen molar-refractivity contribution in [2.24, 2.45) is 17.3 Å². The summed E-state index contributed by atoms with van der Waals surface area (Å²) < 4.78 is 0. The predicted molar refractivity (Wildman–Crippen MR) is 43.2 cm³/mol. The van der Waals surface area contributed by atoms with E-state index in [2.05, 4.69) is 0 Å². The fourth-order valence-corrected chi connectivity index (χ4v) is 2.79. The fourth-order valence-electron chi connectivity index (χ4n) is 2.79. The van der Waals surface area contributed by atoms with E-state index in [1.165, 1.54) is 0 Å². The highest BCUT2D eigenvalue weighted by molar-refractivity contribution is 5.79. The zero-order valence-electron chi connectivity index (χ0n) is 7.19. The van der Waals surface area contributed by atoms with Gasteiger partial charge in [0, 0.05) is 0 Å².